The highest BCUT2D eigenvalue weighted by Gasteiger charge is 2.41. The molecule has 0 heterocycles. The van der Waals surface area contributed by atoms with Crippen LogP contribution in [-0.2, 0) is 9.53 Å². The molecule has 1 aliphatic carbocycles. The van der Waals surface area contributed by atoms with Crippen molar-refractivity contribution in [3.8, 4) is 0 Å². The highest BCUT2D eigenvalue weighted by molar-refractivity contribution is 5.75. The normalized spacial score (nSPS) is 26.7. The second-order valence-electron chi connectivity index (χ2n) is 4.46. The van der Waals surface area contributed by atoms with Crippen molar-refractivity contribution in [1.29, 1.82) is 0 Å². The highest BCUT2D eigenvalue weighted by Crippen LogP contribution is 2.47. The van der Waals surface area contributed by atoms with Crippen molar-refractivity contribution < 1.29 is 9.53 Å². The van der Waals surface area contributed by atoms with Crippen molar-refractivity contribution in [3.63, 3.8) is 0 Å². The number of fused-ring (bicyclic) bond motifs is 1. The fourth-order valence-corrected chi connectivity index (χ4v) is 2.48. The zero-order valence-corrected chi connectivity index (χ0v) is 10.1. The summed E-state index contributed by atoms with van der Waals surface area (Å²) in [5, 5.41) is 0. The standard InChI is InChI=1S/C15H16O2/c1-4-13-12-8-6-5-7-11(12)9-14(17-3)15(13,2)10-16/h4-10,13H,1H2,2-3H3/t13-,15-/m0/s1. The molecule has 1 aromatic rings. The zero-order chi connectivity index (χ0) is 12.5. The third kappa shape index (κ3) is 1.60. The first kappa shape index (κ1) is 11.6. The van der Waals surface area contributed by atoms with Crippen LogP contribution in [0.5, 0.6) is 0 Å². The quantitative estimate of drug-likeness (QED) is 0.586. The molecule has 0 radical (unpaired) electrons. The van der Waals surface area contributed by atoms with Crippen LogP contribution in [-0.4, -0.2) is 13.4 Å². The Kier molecular flexibility index (Phi) is 2.88. The maximum Gasteiger partial charge on any atom is 0.134 e. The van der Waals surface area contributed by atoms with Gasteiger partial charge in [0.2, 0.25) is 0 Å². The van der Waals surface area contributed by atoms with Crippen molar-refractivity contribution in [2.75, 3.05) is 7.11 Å². The molecule has 0 bridgehead atoms. The summed E-state index contributed by atoms with van der Waals surface area (Å²) >= 11 is 0. The summed E-state index contributed by atoms with van der Waals surface area (Å²) in [5.41, 5.74) is 1.55. The predicted molar refractivity (Wildman–Crippen MR) is 68.5 cm³/mol. The molecule has 0 aromatic heterocycles. The monoisotopic (exact) mass is 228 g/mol. The molecular formula is C15H16O2. The molecule has 1 aliphatic rings. The van der Waals surface area contributed by atoms with E-state index in [2.05, 4.69) is 6.58 Å². The number of hydrogen-bond acceptors (Lipinski definition) is 2. The fourth-order valence-electron chi connectivity index (χ4n) is 2.48. The number of benzene rings is 1. The van der Waals surface area contributed by atoms with Crippen LogP contribution in [0.1, 0.15) is 24.0 Å². The molecule has 0 amide bonds. The van der Waals surface area contributed by atoms with E-state index in [1.807, 2.05) is 43.3 Å². The number of carbonyl (C=O) groups is 1. The molecule has 0 aliphatic heterocycles. The highest BCUT2D eigenvalue weighted by atomic mass is 16.5. The molecule has 0 spiro atoms. The fraction of sp³-hybridized carbons (Fsp3) is 0.267. The topological polar surface area (TPSA) is 26.3 Å². The van der Waals surface area contributed by atoms with Gasteiger partial charge in [-0.1, -0.05) is 30.3 Å². The van der Waals surface area contributed by atoms with Gasteiger partial charge in [0.05, 0.1) is 12.5 Å². The average molecular weight is 228 g/mol. The van der Waals surface area contributed by atoms with Crippen LogP contribution in [0.2, 0.25) is 0 Å². The van der Waals surface area contributed by atoms with Crippen LogP contribution in [0.15, 0.2) is 42.7 Å². The third-order valence-corrected chi connectivity index (χ3v) is 3.50. The van der Waals surface area contributed by atoms with Gasteiger partial charge in [-0.25, -0.2) is 0 Å². The van der Waals surface area contributed by atoms with Crippen molar-refractivity contribution in [2.24, 2.45) is 5.41 Å². The third-order valence-electron chi connectivity index (χ3n) is 3.50. The molecule has 2 rings (SSSR count). The lowest BCUT2D eigenvalue weighted by Crippen LogP contribution is -2.32. The van der Waals surface area contributed by atoms with Gasteiger partial charge in [0.1, 0.15) is 12.0 Å². The van der Waals surface area contributed by atoms with E-state index in [-0.39, 0.29) is 5.92 Å². The first-order chi connectivity index (χ1) is 8.17. The number of hydrogen-bond donors (Lipinski definition) is 0. The number of aldehydes is 1. The molecule has 0 saturated heterocycles. The van der Waals surface area contributed by atoms with Crippen molar-refractivity contribution in [3.05, 3.63) is 53.8 Å². The van der Waals surface area contributed by atoms with Crippen LogP contribution >= 0.6 is 0 Å². The second-order valence-corrected chi connectivity index (χ2v) is 4.46. The van der Waals surface area contributed by atoms with E-state index in [0.717, 1.165) is 17.4 Å². The summed E-state index contributed by atoms with van der Waals surface area (Å²) in [6.07, 6.45) is 4.70. The van der Waals surface area contributed by atoms with Crippen LogP contribution in [0, 0.1) is 5.41 Å². The SMILES string of the molecule is C=C[C@H]1c2ccccc2C=C(OC)[C@@]1(C)C=O. The predicted octanol–water partition coefficient (Wildman–Crippen LogP) is 3.16. The van der Waals surface area contributed by atoms with Gasteiger partial charge in [-0.05, 0) is 24.1 Å². The van der Waals surface area contributed by atoms with Gasteiger partial charge >= 0.3 is 0 Å². The van der Waals surface area contributed by atoms with Crippen LogP contribution in [0.25, 0.3) is 6.08 Å². The second kappa shape index (κ2) is 4.21. The Morgan fingerprint density at radius 3 is 2.71 bits per heavy atom. The zero-order valence-electron chi connectivity index (χ0n) is 10.1. The Labute approximate surface area is 102 Å². The van der Waals surface area contributed by atoms with Crippen molar-refractivity contribution in [1.82, 2.24) is 0 Å². The summed E-state index contributed by atoms with van der Waals surface area (Å²) < 4.78 is 5.37. The lowest BCUT2D eigenvalue weighted by atomic mass is 9.68. The van der Waals surface area contributed by atoms with Crippen LogP contribution in [0.3, 0.4) is 0 Å². The molecule has 0 N–H and O–H groups in total. The number of carbonyl (C=O) groups excluding carboxylic acids is 1. The number of rotatable bonds is 3. The van der Waals surface area contributed by atoms with E-state index in [0.29, 0.717) is 5.76 Å². The molecule has 2 atom stereocenters. The lowest BCUT2D eigenvalue weighted by molar-refractivity contribution is -0.115. The van der Waals surface area contributed by atoms with Gasteiger partial charge < -0.3 is 9.53 Å². The summed E-state index contributed by atoms with van der Waals surface area (Å²) in [6.45, 7) is 5.74. The summed E-state index contributed by atoms with van der Waals surface area (Å²) in [5.74, 6) is 0.646. The Morgan fingerprint density at radius 2 is 2.12 bits per heavy atom. The van der Waals surface area contributed by atoms with E-state index in [1.54, 1.807) is 7.11 Å². The van der Waals surface area contributed by atoms with E-state index in [1.165, 1.54) is 0 Å². The number of allylic oxidation sites excluding steroid dienone is 2. The number of ether oxygens (including phenoxy) is 1. The van der Waals surface area contributed by atoms with Gasteiger partial charge in [0.25, 0.3) is 0 Å². The summed E-state index contributed by atoms with van der Waals surface area (Å²) in [4.78, 5) is 11.5. The van der Waals surface area contributed by atoms with Gasteiger partial charge in [0.15, 0.2) is 0 Å². The summed E-state index contributed by atoms with van der Waals surface area (Å²) in [6, 6.07) is 8.01. The Hall–Kier alpha value is -1.83. The maximum atomic E-state index is 11.5. The first-order valence-corrected chi connectivity index (χ1v) is 5.61. The lowest BCUT2D eigenvalue weighted by Gasteiger charge is -2.36. The molecule has 0 unspecified atom stereocenters. The Morgan fingerprint density at radius 1 is 1.41 bits per heavy atom. The van der Waals surface area contributed by atoms with E-state index in [9.17, 15) is 4.79 Å². The molecule has 88 valence electrons. The maximum absolute atomic E-state index is 11.5. The van der Waals surface area contributed by atoms with Gasteiger partial charge in [-0.2, -0.15) is 0 Å². The Bertz CT molecular complexity index is 487. The van der Waals surface area contributed by atoms with E-state index < -0.39 is 5.41 Å². The van der Waals surface area contributed by atoms with Crippen LogP contribution < -0.4 is 0 Å². The van der Waals surface area contributed by atoms with Crippen LogP contribution in [0.4, 0.5) is 0 Å². The largest absolute Gasteiger partial charge is 0.500 e. The molecule has 17 heavy (non-hydrogen) atoms. The average Bonchev–Trinajstić information content (AvgIpc) is 2.37. The molecular weight excluding hydrogens is 212 g/mol. The molecule has 2 nitrogen and oxygen atoms in total. The van der Waals surface area contributed by atoms with Crippen molar-refractivity contribution in [2.45, 2.75) is 12.8 Å². The molecule has 2 heteroatoms. The first-order valence-electron chi connectivity index (χ1n) is 5.61. The minimum Gasteiger partial charge on any atom is -0.500 e. The van der Waals surface area contributed by atoms with E-state index >= 15 is 0 Å². The van der Waals surface area contributed by atoms with Crippen molar-refractivity contribution >= 4 is 12.4 Å². The number of methoxy groups -OCH3 is 1. The molecule has 1 aromatic carbocycles. The van der Waals surface area contributed by atoms with E-state index in [4.69, 9.17) is 4.74 Å². The molecule has 0 fully saturated rings. The minimum atomic E-state index is -0.662. The molecule has 0 saturated carbocycles. The summed E-state index contributed by atoms with van der Waals surface area (Å²) in [7, 11) is 1.60. The van der Waals surface area contributed by atoms with Gasteiger partial charge in [-0.15, -0.1) is 6.58 Å². The minimum absolute atomic E-state index is 0.0452. The van der Waals surface area contributed by atoms with Gasteiger partial charge in [0, 0.05) is 5.92 Å². The van der Waals surface area contributed by atoms with Gasteiger partial charge in [-0.3, -0.25) is 0 Å². The smallest absolute Gasteiger partial charge is 0.134 e. The Balaban J connectivity index is 2.68.